The van der Waals surface area contributed by atoms with Crippen LogP contribution in [-0.4, -0.2) is 17.5 Å². The van der Waals surface area contributed by atoms with Gasteiger partial charge in [0.25, 0.3) is 0 Å². The van der Waals surface area contributed by atoms with Crippen molar-refractivity contribution in [2.45, 2.75) is 18.6 Å². The van der Waals surface area contributed by atoms with E-state index < -0.39 is 11.7 Å². The second kappa shape index (κ2) is 4.98. The van der Waals surface area contributed by atoms with Crippen molar-refractivity contribution in [2.75, 3.05) is 16.8 Å². The summed E-state index contributed by atoms with van der Waals surface area (Å²) < 4.78 is 37.9. The number of hydrogen-bond donors (Lipinski definition) is 1. The van der Waals surface area contributed by atoms with Crippen LogP contribution in [0.2, 0.25) is 5.02 Å². The van der Waals surface area contributed by atoms with Crippen molar-refractivity contribution >= 4 is 29.1 Å². The van der Waals surface area contributed by atoms with Crippen molar-refractivity contribution < 1.29 is 13.2 Å². The first kappa shape index (κ1) is 12.9. The number of hydrogen-bond acceptors (Lipinski definition) is 2. The lowest BCUT2D eigenvalue weighted by Gasteiger charge is -2.15. The fraction of sp³-hybridized carbons (Fsp3) is 0.455. The number of thioether (sulfide) groups is 1. The minimum atomic E-state index is -4.40. The minimum absolute atomic E-state index is 0.252. The summed E-state index contributed by atoms with van der Waals surface area (Å²) in [5, 5.41) is 2.84. The van der Waals surface area contributed by atoms with Gasteiger partial charge in [0, 0.05) is 17.5 Å². The van der Waals surface area contributed by atoms with Crippen LogP contribution in [0.3, 0.4) is 0 Å². The van der Waals surface area contributed by atoms with E-state index in [1.165, 1.54) is 6.07 Å². The topological polar surface area (TPSA) is 12.0 Å². The number of rotatable bonds is 2. The predicted molar refractivity (Wildman–Crippen MR) is 65.8 cm³/mol. The molecular weight excluding hydrogens is 271 g/mol. The summed E-state index contributed by atoms with van der Waals surface area (Å²) in [6, 6.07) is 4.20. The van der Waals surface area contributed by atoms with Crippen LogP contribution in [0, 0.1) is 0 Å². The lowest BCUT2D eigenvalue weighted by atomic mass is 10.1. The van der Waals surface area contributed by atoms with E-state index in [1.54, 1.807) is 17.8 Å². The molecular formula is C11H11ClF3NS. The van der Waals surface area contributed by atoms with Gasteiger partial charge in [-0.2, -0.15) is 24.9 Å². The largest absolute Gasteiger partial charge is 0.417 e. The Morgan fingerprint density at radius 3 is 2.71 bits per heavy atom. The lowest BCUT2D eigenvalue weighted by molar-refractivity contribution is -0.137. The Kier molecular flexibility index (Phi) is 3.78. The molecule has 0 aliphatic carbocycles. The first-order valence-corrected chi connectivity index (χ1v) is 6.71. The second-order valence-electron chi connectivity index (χ2n) is 3.90. The minimum Gasteiger partial charge on any atom is -0.381 e. The molecule has 0 bridgehead atoms. The Balaban J connectivity index is 2.18. The molecule has 1 saturated heterocycles. The molecule has 6 heteroatoms. The average Bonchev–Trinajstić information content (AvgIpc) is 2.72. The van der Waals surface area contributed by atoms with Gasteiger partial charge in [0.05, 0.1) is 10.6 Å². The average molecular weight is 282 g/mol. The standard InChI is InChI=1S/C11H11ClF3NS/c12-10-2-1-7(5-9(10)11(13,14)15)16-8-3-4-17-6-8/h1-2,5,8,16H,3-4,6H2. The summed E-state index contributed by atoms with van der Waals surface area (Å²) in [6.45, 7) is 0. The van der Waals surface area contributed by atoms with E-state index in [-0.39, 0.29) is 11.1 Å². The molecule has 0 saturated carbocycles. The van der Waals surface area contributed by atoms with Crippen LogP contribution in [0.15, 0.2) is 18.2 Å². The van der Waals surface area contributed by atoms with Gasteiger partial charge in [-0.1, -0.05) is 11.6 Å². The maximum absolute atomic E-state index is 12.6. The fourth-order valence-electron chi connectivity index (χ4n) is 1.72. The molecule has 1 aromatic rings. The molecule has 0 aromatic heterocycles. The number of alkyl halides is 3. The van der Waals surface area contributed by atoms with Crippen LogP contribution in [0.4, 0.5) is 18.9 Å². The van der Waals surface area contributed by atoms with Gasteiger partial charge in [-0.25, -0.2) is 0 Å². The molecule has 1 nitrogen and oxygen atoms in total. The molecule has 1 heterocycles. The van der Waals surface area contributed by atoms with Gasteiger partial charge in [0.15, 0.2) is 0 Å². The van der Waals surface area contributed by atoms with Gasteiger partial charge in [0.2, 0.25) is 0 Å². The molecule has 1 aliphatic rings. The Hall–Kier alpha value is -0.550. The third-order valence-electron chi connectivity index (χ3n) is 2.57. The zero-order valence-electron chi connectivity index (χ0n) is 8.85. The first-order chi connectivity index (χ1) is 7.97. The van der Waals surface area contributed by atoms with E-state index in [0.717, 1.165) is 24.0 Å². The quantitative estimate of drug-likeness (QED) is 0.868. The van der Waals surface area contributed by atoms with Gasteiger partial charge in [-0.3, -0.25) is 0 Å². The monoisotopic (exact) mass is 281 g/mol. The SMILES string of the molecule is FC(F)(F)c1cc(NC2CCSC2)ccc1Cl. The van der Waals surface area contributed by atoms with Crippen LogP contribution in [-0.2, 0) is 6.18 Å². The number of anilines is 1. The molecule has 0 spiro atoms. The normalized spacial score (nSPS) is 20.6. The molecule has 1 aliphatic heterocycles. The summed E-state index contributed by atoms with van der Waals surface area (Å²) in [7, 11) is 0. The molecule has 17 heavy (non-hydrogen) atoms. The van der Waals surface area contributed by atoms with E-state index in [9.17, 15) is 13.2 Å². The predicted octanol–water partition coefficient (Wildman–Crippen LogP) is 4.28. The summed E-state index contributed by atoms with van der Waals surface area (Å²) >= 11 is 7.35. The highest BCUT2D eigenvalue weighted by atomic mass is 35.5. The highest BCUT2D eigenvalue weighted by molar-refractivity contribution is 7.99. The molecule has 0 radical (unpaired) electrons. The molecule has 1 fully saturated rings. The Labute approximate surface area is 107 Å². The van der Waals surface area contributed by atoms with Crippen molar-refractivity contribution in [3.05, 3.63) is 28.8 Å². The van der Waals surface area contributed by atoms with E-state index in [1.807, 2.05) is 0 Å². The third kappa shape index (κ3) is 3.22. The highest BCUT2D eigenvalue weighted by Gasteiger charge is 2.33. The zero-order valence-corrected chi connectivity index (χ0v) is 10.4. The molecule has 1 aromatic carbocycles. The van der Waals surface area contributed by atoms with E-state index >= 15 is 0 Å². The van der Waals surface area contributed by atoms with Crippen molar-refractivity contribution in [1.82, 2.24) is 0 Å². The summed E-state index contributed by atoms with van der Waals surface area (Å²) in [6.07, 6.45) is -3.42. The Bertz CT molecular complexity index is 402. The van der Waals surface area contributed by atoms with Crippen molar-refractivity contribution in [3.8, 4) is 0 Å². The number of benzene rings is 1. The van der Waals surface area contributed by atoms with Crippen molar-refractivity contribution in [1.29, 1.82) is 0 Å². The Morgan fingerprint density at radius 2 is 2.12 bits per heavy atom. The highest BCUT2D eigenvalue weighted by Crippen LogP contribution is 2.36. The molecule has 2 rings (SSSR count). The van der Waals surface area contributed by atoms with Crippen molar-refractivity contribution in [3.63, 3.8) is 0 Å². The molecule has 0 amide bonds. The Morgan fingerprint density at radius 1 is 1.35 bits per heavy atom. The molecule has 94 valence electrons. The maximum atomic E-state index is 12.6. The summed E-state index contributed by atoms with van der Waals surface area (Å²) in [5.41, 5.74) is -0.302. The van der Waals surface area contributed by atoms with Crippen LogP contribution in [0.1, 0.15) is 12.0 Å². The zero-order chi connectivity index (χ0) is 12.5. The molecule has 1 N–H and O–H groups in total. The van der Waals surface area contributed by atoms with Gasteiger partial charge in [-0.15, -0.1) is 0 Å². The van der Waals surface area contributed by atoms with Gasteiger partial charge < -0.3 is 5.32 Å². The molecule has 1 atom stereocenters. The van der Waals surface area contributed by atoms with E-state index in [4.69, 9.17) is 11.6 Å². The third-order valence-corrected chi connectivity index (χ3v) is 4.06. The number of halogens is 4. The summed E-state index contributed by atoms with van der Waals surface area (Å²) in [4.78, 5) is 0. The first-order valence-electron chi connectivity index (χ1n) is 5.18. The van der Waals surface area contributed by atoms with Crippen LogP contribution in [0.25, 0.3) is 0 Å². The lowest BCUT2D eigenvalue weighted by Crippen LogP contribution is -2.18. The molecule has 1 unspecified atom stereocenters. The second-order valence-corrected chi connectivity index (χ2v) is 5.45. The van der Waals surface area contributed by atoms with E-state index in [2.05, 4.69) is 5.32 Å². The van der Waals surface area contributed by atoms with Crippen molar-refractivity contribution in [2.24, 2.45) is 0 Å². The van der Waals surface area contributed by atoms with Gasteiger partial charge in [0.1, 0.15) is 0 Å². The van der Waals surface area contributed by atoms with Crippen LogP contribution < -0.4 is 5.32 Å². The van der Waals surface area contributed by atoms with Gasteiger partial charge >= 0.3 is 6.18 Å². The smallest absolute Gasteiger partial charge is 0.381 e. The fourth-order valence-corrected chi connectivity index (χ4v) is 3.09. The van der Waals surface area contributed by atoms with Crippen LogP contribution in [0.5, 0.6) is 0 Å². The van der Waals surface area contributed by atoms with E-state index in [0.29, 0.717) is 5.69 Å². The summed E-state index contributed by atoms with van der Waals surface area (Å²) in [5.74, 6) is 1.99. The van der Waals surface area contributed by atoms with Crippen LogP contribution >= 0.6 is 23.4 Å². The number of nitrogens with one attached hydrogen (secondary N) is 1. The maximum Gasteiger partial charge on any atom is 0.417 e. The van der Waals surface area contributed by atoms with Gasteiger partial charge in [-0.05, 0) is 30.4 Å².